The zero-order chi connectivity index (χ0) is 12.3. The number of aromatic amines is 1. The lowest BCUT2D eigenvalue weighted by molar-refractivity contribution is 0.0687. The minimum atomic E-state index is 0.00574. The Morgan fingerprint density at radius 3 is 2.82 bits per heavy atom. The number of nitrogens with two attached hydrogens (primary N) is 1. The molecule has 0 radical (unpaired) electrons. The summed E-state index contributed by atoms with van der Waals surface area (Å²) < 4.78 is 0. The van der Waals surface area contributed by atoms with Crippen LogP contribution in [0.15, 0.2) is 6.20 Å². The smallest absolute Gasteiger partial charge is 0.259 e. The topological polar surface area (TPSA) is 75.0 Å². The van der Waals surface area contributed by atoms with Gasteiger partial charge in [-0.25, -0.2) is 0 Å². The fourth-order valence-electron chi connectivity index (χ4n) is 2.47. The van der Waals surface area contributed by atoms with E-state index < -0.39 is 0 Å². The summed E-state index contributed by atoms with van der Waals surface area (Å²) in [5.41, 5.74) is 6.16. The monoisotopic (exact) mass is 236 g/mol. The van der Waals surface area contributed by atoms with E-state index >= 15 is 0 Å². The van der Waals surface area contributed by atoms with Crippen LogP contribution in [0.25, 0.3) is 0 Å². The number of hydrogen-bond donors (Lipinski definition) is 2. The number of likely N-dealkylation sites (tertiary alicyclic amines) is 1. The van der Waals surface area contributed by atoms with Crippen LogP contribution in [0, 0.1) is 5.92 Å². The van der Waals surface area contributed by atoms with Crippen molar-refractivity contribution in [3.05, 3.63) is 11.8 Å². The molecule has 1 amide bonds. The lowest BCUT2D eigenvalue weighted by atomic mass is 9.92. The van der Waals surface area contributed by atoms with Gasteiger partial charge in [-0.1, -0.05) is 19.8 Å². The Morgan fingerprint density at radius 1 is 1.59 bits per heavy atom. The van der Waals surface area contributed by atoms with Crippen LogP contribution in [-0.2, 0) is 0 Å². The average molecular weight is 236 g/mol. The predicted molar refractivity (Wildman–Crippen MR) is 66.5 cm³/mol. The first-order valence-electron chi connectivity index (χ1n) is 6.30. The second-order valence-electron chi connectivity index (χ2n) is 4.72. The summed E-state index contributed by atoms with van der Waals surface area (Å²) >= 11 is 0. The van der Waals surface area contributed by atoms with Gasteiger partial charge in [-0.3, -0.25) is 9.89 Å². The quantitative estimate of drug-likeness (QED) is 0.837. The minimum Gasteiger partial charge on any atom is -0.383 e. The molecule has 0 unspecified atom stereocenters. The van der Waals surface area contributed by atoms with Crippen molar-refractivity contribution in [2.45, 2.75) is 32.6 Å². The molecule has 0 aliphatic carbocycles. The van der Waals surface area contributed by atoms with E-state index in [0.717, 1.165) is 31.8 Å². The summed E-state index contributed by atoms with van der Waals surface area (Å²) in [6, 6.07) is 0. The highest BCUT2D eigenvalue weighted by Gasteiger charge is 2.24. The van der Waals surface area contributed by atoms with E-state index in [4.69, 9.17) is 5.73 Å². The van der Waals surface area contributed by atoms with Gasteiger partial charge < -0.3 is 10.6 Å². The van der Waals surface area contributed by atoms with Crippen LogP contribution in [0.3, 0.4) is 0 Å². The maximum absolute atomic E-state index is 12.1. The van der Waals surface area contributed by atoms with Gasteiger partial charge in [0.05, 0.1) is 6.20 Å². The van der Waals surface area contributed by atoms with E-state index in [-0.39, 0.29) is 5.91 Å². The van der Waals surface area contributed by atoms with Crippen LogP contribution < -0.4 is 5.73 Å². The molecule has 0 atom stereocenters. The van der Waals surface area contributed by atoms with E-state index in [1.54, 1.807) is 0 Å². The van der Waals surface area contributed by atoms with Gasteiger partial charge in [0, 0.05) is 13.1 Å². The number of rotatable bonds is 3. The molecule has 2 heterocycles. The van der Waals surface area contributed by atoms with Crippen LogP contribution >= 0.6 is 0 Å². The number of nitrogens with one attached hydrogen (secondary N) is 1. The molecule has 5 nitrogen and oxygen atoms in total. The highest BCUT2D eigenvalue weighted by atomic mass is 16.2. The third kappa shape index (κ3) is 2.60. The largest absolute Gasteiger partial charge is 0.383 e. The van der Waals surface area contributed by atoms with Gasteiger partial charge in [-0.15, -0.1) is 0 Å². The molecule has 1 aliphatic heterocycles. The molecule has 17 heavy (non-hydrogen) atoms. The van der Waals surface area contributed by atoms with E-state index in [1.165, 1.54) is 19.0 Å². The number of nitrogen functional groups attached to an aromatic ring is 1. The van der Waals surface area contributed by atoms with Crippen molar-refractivity contribution in [1.82, 2.24) is 15.1 Å². The lowest BCUT2D eigenvalue weighted by Gasteiger charge is -2.31. The highest BCUT2D eigenvalue weighted by Crippen LogP contribution is 2.23. The van der Waals surface area contributed by atoms with Gasteiger partial charge in [-0.2, -0.15) is 5.10 Å². The third-order valence-electron chi connectivity index (χ3n) is 3.50. The van der Waals surface area contributed by atoms with E-state index in [2.05, 4.69) is 17.1 Å². The SMILES string of the molecule is CCCC1CCN(C(=O)c2cn[nH]c2N)CC1. The summed E-state index contributed by atoms with van der Waals surface area (Å²) in [7, 11) is 0. The predicted octanol–water partition coefficient (Wildman–Crippen LogP) is 1.64. The molecule has 0 spiro atoms. The van der Waals surface area contributed by atoms with Crippen LogP contribution in [0.5, 0.6) is 0 Å². The highest BCUT2D eigenvalue weighted by molar-refractivity contribution is 5.98. The fraction of sp³-hybridized carbons (Fsp3) is 0.667. The molecule has 1 aliphatic rings. The molecule has 0 aromatic carbocycles. The summed E-state index contributed by atoms with van der Waals surface area (Å²) in [6.07, 6.45) is 6.23. The van der Waals surface area contributed by atoms with Gasteiger partial charge in [-0.05, 0) is 18.8 Å². The van der Waals surface area contributed by atoms with Crippen LogP contribution in [-0.4, -0.2) is 34.1 Å². The molecular formula is C12H20N4O. The lowest BCUT2D eigenvalue weighted by Crippen LogP contribution is -2.38. The molecule has 3 N–H and O–H groups in total. The molecule has 1 aromatic rings. The summed E-state index contributed by atoms with van der Waals surface area (Å²) in [5, 5.41) is 6.38. The Labute approximate surface area is 101 Å². The van der Waals surface area contributed by atoms with Crippen molar-refractivity contribution >= 4 is 11.7 Å². The number of aromatic nitrogens is 2. The summed E-state index contributed by atoms with van der Waals surface area (Å²) in [5.74, 6) is 1.16. The van der Waals surface area contributed by atoms with Gasteiger partial charge in [0.1, 0.15) is 11.4 Å². The zero-order valence-electron chi connectivity index (χ0n) is 10.3. The van der Waals surface area contributed by atoms with Crippen molar-refractivity contribution in [3.8, 4) is 0 Å². The molecule has 2 rings (SSSR count). The average Bonchev–Trinajstić information content (AvgIpc) is 2.76. The third-order valence-corrected chi connectivity index (χ3v) is 3.50. The number of nitrogens with zero attached hydrogens (tertiary/aromatic N) is 2. The van der Waals surface area contributed by atoms with Gasteiger partial charge >= 0.3 is 0 Å². The first kappa shape index (κ1) is 12.0. The molecule has 1 fully saturated rings. The molecular weight excluding hydrogens is 216 g/mol. The Balaban J connectivity index is 1.93. The van der Waals surface area contributed by atoms with Crippen molar-refractivity contribution in [1.29, 1.82) is 0 Å². The molecule has 0 saturated carbocycles. The minimum absolute atomic E-state index is 0.00574. The first-order valence-corrected chi connectivity index (χ1v) is 6.30. The zero-order valence-corrected chi connectivity index (χ0v) is 10.3. The number of anilines is 1. The number of amides is 1. The van der Waals surface area contributed by atoms with Crippen LogP contribution in [0.1, 0.15) is 43.0 Å². The molecule has 5 heteroatoms. The van der Waals surface area contributed by atoms with Crippen LogP contribution in [0.2, 0.25) is 0 Å². The van der Waals surface area contributed by atoms with E-state index in [9.17, 15) is 4.79 Å². The van der Waals surface area contributed by atoms with Gasteiger partial charge in [0.2, 0.25) is 0 Å². The number of hydrogen-bond acceptors (Lipinski definition) is 3. The fourth-order valence-corrected chi connectivity index (χ4v) is 2.47. The number of carbonyl (C=O) groups is 1. The van der Waals surface area contributed by atoms with Crippen molar-refractivity contribution < 1.29 is 4.79 Å². The van der Waals surface area contributed by atoms with Gasteiger partial charge in [0.15, 0.2) is 0 Å². The molecule has 1 saturated heterocycles. The standard InChI is InChI=1S/C12H20N4O/c1-2-3-9-4-6-16(7-5-9)12(17)10-8-14-15-11(10)13/h8-9H,2-7H2,1H3,(H3,13,14,15). The molecule has 1 aromatic heterocycles. The number of piperidine rings is 1. The maximum atomic E-state index is 12.1. The number of carbonyl (C=O) groups excluding carboxylic acids is 1. The Bertz CT molecular complexity index is 380. The normalized spacial score (nSPS) is 17.4. The summed E-state index contributed by atoms with van der Waals surface area (Å²) in [6.45, 7) is 3.89. The van der Waals surface area contributed by atoms with Crippen LogP contribution in [0.4, 0.5) is 5.82 Å². The van der Waals surface area contributed by atoms with E-state index in [0.29, 0.717) is 11.4 Å². The molecule has 0 bridgehead atoms. The number of H-pyrrole nitrogens is 1. The van der Waals surface area contributed by atoms with Crippen molar-refractivity contribution in [2.24, 2.45) is 5.92 Å². The summed E-state index contributed by atoms with van der Waals surface area (Å²) in [4.78, 5) is 14.0. The maximum Gasteiger partial charge on any atom is 0.259 e. The second kappa shape index (κ2) is 5.21. The van der Waals surface area contributed by atoms with Gasteiger partial charge in [0.25, 0.3) is 5.91 Å². The van der Waals surface area contributed by atoms with Crippen molar-refractivity contribution in [3.63, 3.8) is 0 Å². The Morgan fingerprint density at radius 2 is 2.29 bits per heavy atom. The molecule has 94 valence electrons. The second-order valence-corrected chi connectivity index (χ2v) is 4.72. The van der Waals surface area contributed by atoms with E-state index in [1.807, 2.05) is 4.90 Å². The Hall–Kier alpha value is -1.52. The Kier molecular flexibility index (Phi) is 3.66. The van der Waals surface area contributed by atoms with Crippen molar-refractivity contribution in [2.75, 3.05) is 18.8 Å². The first-order chi connectivity index (χ1) is 8.22.